The molecule has 3 nitrogen and oxygen atoms in total. The summed E-state index contributed by atoms with van der Waals surface area (Å²) in [6, 6.07) is 13.7. The first-order chi connectivity index (χ1) is 9.70. The molecular weight excluding hydrogens is 257 g/mol. The van der Waals surface area contributed by atoms with Crippen LogP contribution in [-0.2, 0) is 17.8 Å². The van der Waals surface area contributed by atoms with Gasteiger partial charge in [0.15, 0.2) is 0 Å². The lowest BCUT2D eigenvalue weighted by molar-refractivity contribution is -0.120. The van der Waals surface area contributed by atoms with E-state index < -0.39 is 0 Å². The number of para-hydroxylation sites is 1. The Kier molecular flexibility index (Phi) is 4.71. The van der Waals surface area contributed by atoms with Crippen LogP contribution in [0.25, 0.3) is 0 Å². The Morgan fingerprint density at radius 1 is 1.10 bits per heavy atom. The van der Waals surface area contributed by atoms with E-state index in [0.29, 0.717) is 12.1 Å². The van der Waals surface area contributed by atoms with E-state index >= 15 is 0 Å². The molecule has 0 unspecified atom stereocenters. The summed E-state index contributed by atoms with van der Waals surface area (Å²) in [5, 5.41) is 2.76. The van der Waals surface area contributed by atoms with E-state index in [1.807, 2.05) is 24.3 Å². The third-order valence-corrected chi connectivity index (χ3v) is 2.98. The molecule has 0 aliphatic rings. The van der Waals surface area contributed by atoms with E-state index in [1.165, 1.54) is 6.07 Å². The van der Waals surface area contributed by atoms with Gasteiger partial charge in [0.1, 0.15) is 11.6 Å². The summed E-state index contributed by atoms with van der Waals surface area (Å²) in [6.07, 6.45) is 0.0296. The summed E-state index contributed by atoms with van der Waals surface area (Å²) in [7, 11) is 1.58. The molecule has 104 valence electrons. The second-order valence-corrected chi connectivity index (χ2v) is 4.36. The molecule has 0 aliphatic carbocycles. The van der Waals surface area contributed by atoms with Gasteiger partial charge in [0.25, 0.3) is 0 Å². The Hall–Kier alpha value is -2.36. The van der Waals surface area contributed by atoms with Gasteiger partial charge in [-0.2, -0.15) is 0 Å². The fourth-order valence-corrected chi connectivity index (χ4v) is 1.92. The Morgan fingerprint density at radius 2 is 1.75 bits per heavy atom. The molecular formula is C16H16FNO2. The molecule has 0 aromatic heterocycles. The van der Waals surface area contributed by atoms with E-state index in [9.17, 15) is 9.18 Å². The molecule has 2 aromatic rings. The van der Waals surface area contributed by atoms with Crippen molar-refractivity contribution in [1.29, 1.82) is 0 Å². The van der Waals surface area contributed by atoms with Crippen molar-refractivity contribution in [1.82, 2.24) is 5.32 Å². The van der Waals surface area contributed by atoms with Gasteiger partial charge in [-0.15, -0.1) is 0 Å². The van der Waals surface area contributed by atoms with Gasteiger partial charge in [0, 0.05) is 12.1 Å². The monoisotopic (exact) mass is 273 g/mol. The highest BCUT2D eigenvalue weighted by Gasteiger charge is 2.08. The average Bonchev–Trinajstić information content (AvgIpc) is 2.48. The van der Waals surface area contributed by atoms with Gasteiger partial charge in [0.2, 0.25) is 5.91 Å². The van der Waals surface area contributed by atoms with Crippen LogP contribution in [0.15, 0.2) is 48.5 Å². The molecule has 20 heavy (non-hydrogen) atoms. The van der Waals surface area contributed by atoms with Crippen molar-refractivity contribution in [3.05, 3.63) is 65.5 Å². The van der Waals surface area contributed by atoms with Gasteiger partial charge in [0.05, 0.1) is 13.5 Å². The van der Waals surface area contributed by atoms with Crippen LogP contribution < -0.4 is 10.1 Å². The molecule has 0 atom stereocenters. The first-order valence-electron chi connectivity index (χ1n) is 6.32. The fraction of sp³-hybridized carbons (Fsp3) is 0.188. The van der Waals surface area contributed by atoms with Crippen molar-refractivity contribution in [2.24, 2.45) is 0 Å². The summed E-state index contributed by atoms with van der Waals surface area (Å²) in [6.45, 7) is 0.358. The van der Waals surface area contributed by atoms with E-state index in [2.05, 4.69) is 5.32 Å². The first-order valence-corrected chi connectivity index (χ1v) is 6.32. The Morgan fingerprint density at radius 3 is 2.45 bits per heavy atom. The maximum atomic E-state index is 13.4. The molecule has 2 aromatic carbocycles. The van der Waals surface area contributed by atoms with E-state index in [4.69, 9.17) is 4.74 Å². The predicted molar refractivity (Wildman–Crippen MR) is 74.9 cm³/mol. The highest BCUT2D eigenvalue weighted by molar-refractivity contribution is 5.78. The molecule has 0 aliphatic heterocycles. The number of ether oxygens (including phenoxy) is 1. The molecule has 4 heteroatoms. The number of halogens is 1. The predicted octanol–water partition coefficient (Wildman–Crippen LogP) is 2.69. The van der Waals surface area contributed by atoms with Crippen molar-refractivity contribution in [2.75, 3.05) is 7.11 Å². The zero-order valence-corrected chi connectivity index (χ0v) is 11.2. The number of rotatable bonds is 5. The topological polar surface area (TPSA) is 38.3 Å². The van der Waals surface area contributed by atoms with Crippen molar-refractivity contribution in [3.8, 4) is 5.75 Å². The van der Waals surface area contributed by atoms with Gasteiger partial charge in [-0.1, -0.05) is 36.4 Å². The van der Waals surface area contributed by atoms with Crippen molar-refractivity contribution >= 4 is 5.91 Å². The van der Waals surface area contributed by atoms with Crippen LogP contribution in [0.1, 0.15) is 11.1 Å². The third-order valence-electron chi connectivity index (χ3n) is 2.98. The highest BCUT2D eigenvalue weighted by atomic mass is 19.1. The third kappa shape index (κ3) is 3.57. The van der Waals surface area contributed by atoms with Crippen molar-refractivity contribution in [2.45, 2.75) is 13.0 Å². The normalized spacial score (nSPS) is 10.1. The molecule has 0 fully saturated rings. The lowest BCUT2D eigenvalue weighted by atomic mass is 10.1. The molecule has 0 heterocycles. The Bertz CT molecular complexity index is 599. The van der Waals surface area contributed by atoms with E-state index in [-0.39, 0.29) is 18.1 Å². The van der Waals surface area contributed by atoms with Crippen molar-refractivity contribution < 1.29 is 13.9 Å². The zero-order valence-electron chi connectivity index (χ0n) is 11.2. The summed E-state index contributed by atoms with van der Waals surface area (Å²) >= 11 is 0. The van der Waals surface area contributed by atoms with Crippen LogP contribution >= 0.6 is 0 Å². The number of hydrogen-bond donors (Lipinski definition) is 1. The van der Waals surface area contributed by atoms with Crippen LogP contribution in [0.3, 0.4) is 0 Å². The number of carbonyl (C=O) groups excluding carboxylic acids is 1. The minimum Gasteiger partial charge on any atom is -0.496 e. The number of amides is 1. The summed E-state index contributed by atoms with van der Waals surface area (Å²) in [5.41, 5.74) is 1.28. The molecule has 0 spiro atoms. The smallest absolute Gasteiger partial charge is 0.224 e. The average molecular weight is 273 g/mol. The van der Waals surface area contributed by atoms with Gasteiger partial charge in [-0.25, -0.2) is 4.39 Å². The number of nitrogens with one attached hydrogen (secondary N) is 1. The van der Waals surface area contributed by atoms with Crippen LogP contribution in [0.4, 0.5) is 4.39 Å². The summed E-state index contributed by atoms with van der Waals surface area (Å²) in [4.78, 5) is 11.8. The SMILES string of the molecule is COc1ccccc1CNC(=O)Cc1ccccc1F. The molecule has 2 rings (SSSR count). The number of hydrogen-bond acceptors (Lipinski definition) is 2. The van der Waals surface area contributed by atoms with Gasteiger partial charge in [-0.05, 0) is 17.7 Å². The molecule has 0 saturated heterocycles. The molecule has 0 radical (unpaired) electrons. The molecule has 0 saturated carbocycles. The van der Waals surface area contributed by atoms with Gasteiger partial charge >= 0.3 is 0 Å². The first kappa shape index (κ1) is 14.1. The minimum atomic E-state index is -0.361. The Balaban J connectivity index is 1.94. The van der Waals surface area contributed by atoms with Crippen LogP contribution in [0.5, 0.6) is 5.75 Å². The lowest BCUT2D eigenvalue weighted by Crippen LogP contribution is -2.25. The lowest BCUT2D eigenvalue weighted by Gasteiger charge is -2.09. The summed E-state index contributed by atoms with van der Waals surface area (Å²) in [5.74, 6) is 0.139. The van der Waals surface area contributed by atoms with Gasteiger partial charge < -0.3 is 10.1 Å². The largest absolute Gasteiger partial charge is 0.496 e. The second-order valence-electron chi connectivity index (χ2n) is 4.36. The minimum absolute atomic E-state index is 0.0296. The molecule has 0 bridgehead atoms. The van der Waals surface area contributed by atoms with Crippen LogP contribution in [0, 0.1) is 5.82 Å². The quantitative estimate of drug-likeness (QED) is 0.909. The number of carbonyl (C=O) groups is 1. The van der Waals surface area contributed by atoms with Gasteiger partial charge in [-0.3, -0.25) is 4.79 Å². The standard InChI is InChI=1S/C16H16FNO2/c1-20-15-9-5-3-7-13(15)11-18-16(19)10-12-6-2-4-8-14(12)17/h2-9H,10-11H2,1H3,(H,18,19). The maximum Gasteiger partial charge on any atom is 0.224 e. The van der Waals surface area contributed by atoms with Crippen LogP contribution in [-0.4, -0.2) is 13.0 Å². The Labute approximate surface area is 117 Å². The summed E-state index contributed by atoms with van der Waals surface area (Å²) < 4.78 is 18.6. The number of methoxy groups -OCH3 is 1. The number of benzene rings is 2. The van der Waals surface area contributed by atoms with Crippen molar-refractivity contribution in [3.63, 3.8) is 0 Å². The molecule has 1 amide bonds. The maximum absolute atomic E-state index is 13.4. The van der Waals surface area contributed by atoms with E-state index in [1.54, 1.807) is 25.3 Å². The second kappa shape index (κ2) is 6.70. The van der Waals surface area contributed by atoms with Crippen LogP contribution in [0.2, 0.25) is 0 Å². The highest BCUT2D eigenvalue weighted by Crippen LogP contribution is 2.16. The molecule has 1 N–H and O–H groups in total. The zero-order chi connectivity index (χ0) is 14.4. The fourth-order valence-electron chi connectivity index (χ4n) is 1.92. The van der Waals surface area contributed by atoms with E-state index in [0.717, 1.165) is 11.3 Å².